The highest BCUT2D eigenvalue weighted by molar-refractivity contribution is 9.10. The second-order valence-electron chi connectivity index (χ2n) is 3.18. The molecule has 0 aliphatic carbocycles. The first-order valence-electron chi connectivity index (χ1n) is 4.69. The Hall–Kier alpha value is -0.910. The monoisotopic (exact) mass is 301 g/mol. The number of benzene rings is 1. The van der Waals surface area contributed by atoms with Crippen molar-refractivity contribution in [2.75, 3.05) is 6.54 Å². The average molecular weight is 303 g/mol. The van der Waals surface area contributed by atoms with Crippen LogP contribution >= 0.6 is 27.5 Å². The van der Waals surface area contributed by atoms with Crippen LogP contribution in [0.15, 0.2) is 27.2 Å². The molecule has 0 aliphatic rings. The summed E-state index contributed by atoms with van der Waals surface area (Å²) in [6.45, 7) is 0.496. The summed E-state index contributed by atoms with van der Waals surface area (Å²) < 4.78 is 5.99. The highest BCUT2D eigenvalue weighted by Gasteiger charge is 2.11. The summed E-state index contributed by atoms with van der Waals surface area (Å²) in [4.78, 5) is 4.23. The summed E-state index contributed by atoms with van der Waals surface area (Å²) in [6.07, 6.45) is 0.599. The zero-order valence-electron chi connectivity index (χ0n) is 8.28. The number of nitrogens with two attached hydrogens (primary N) is 1. The SMILES string of the molecule is NCCc1noc(-c2cc(Cl)ccc2Br)n1. The first-order valence-corrected chi connectivity index (χ1v) is 5.86. The van der Waals surface area contributed by atoms with Gasteiger partial charge in [-0.3, -0.25) is 0 Å². The maximum absolute atomic E-state index is 5.90. The molecule has 0 aliphatic heterocycles. The van der Waals surface area contributed by atoms with Crippen molar-refractivity contribution in [3.63, 3.8) is 0 Å². The van der Waals surface area contributed by atoms with Gasteiger partial charge in [0, 0.05) is 15.9 Å². The molecule has 0 saturated heterocycles. The maximum atomic E-state index is 5.90. The molecule has 0 atom stereocenters. The Balaban J connectivity index is 2.38. The van der Waals surface area contributed by atoms with E-state index in [0.29, 0.717) is 29.7 Å². The lowest BCUT2D eigenvalue weighted by Crippen LogP contribution is -2.03. The summed E-state index contributed by atoms with van der Waals surface area (Å²) in [7, 11) is 0. The molecule has 0 bridgehead atoms. The van der Waals surface area contributed by atoms with Gasteiger partial charge in [-0.2, -0.15) is 4.98 Å². The molecule has 4 nitrogen and oxygen atoms in total. The summed E-state index contributed by atoms with van der Waals surface area (Å²) >= 11 is 9.31. The largest absolute Gasteiger partial charge is 0.334 e. The zero-order chi connectivity index (χ0) is 11.5. The molecule has 2 N–H and O–H groups in total. The van der Waals surface area contributed by atoms with E-state index in [0.717, 1.165) is 10.0 Å². The molecule has 0 spiro atoms. The molecular formula is C10H9BrClN3O. The third kappa shape index (κ3) is 2.42. The number of hydrogen-bond donors (Lipinski definition) is 1. The van der Waals surface area contributed by atoms with E-state index in [-0.39, 0.29) is 0 Å². The number of nitrogens with zero attached hydrogens (tertiary/aromatic N) is 2. The van der Waals surface area contributed by atoms with Crippen molar-refractivity contribution in [3.05, 3.63) is 33.5 Å². The molecule has 2 aromatic rings. The van der Waals surface area contributed by atoms with Gasteiger partial charge in [-0.05, 0) is 40.7 Å². The van der Waals surface area contributed by atoms with Gasteiger partial charge in [-0.1, -0.05) is 16.8 Å². The molecule has 0 unspecified atom stereocenters. The first-order chi connectivity index (χ1) is 7.70. The van der Waals surface area contributed by atoms with E-state index in [1.807, 2.05) is 6.07 Å². The summed E-state index contributed by atoms with van der Waals surface area (Å²) in [6, 6.07) is 5.39. The first kappa shape index (κ1) is 11.6. The standard InChI is InChI=1S/C10H9BrClN3O/c11-8-2-1-6(12)5-7(8)10-14-9(3-4-13)15-16-10/h1-2,5H,3-4,13H2. The lowest BCUT2D eigenvalue weighted by atomic mass is 10.2. The van der Waals surface area contributed by atoms with Crippen LogP contribution in [-0.2, 0) is 6.42 Å². The topological polar surface area (TPSA) is 64.9 Å². The highest BCUT2D eigenvalue weighted by atomic mass is 79.9. The second-order valence-corrected chi connectivity index (χ2v) is 4.47. The van der Waals surface area contributed by atoms with E-state index in [1.165, 1.54) is 0 Å². The van der Waals surface area contributed by atoms with Gasteiger partial charge in [-0.15, -0.1) is 0 Å². The van der Waals surface area contributed by atoms with Gasteiger partial charge in [0.1, 0.15) is 0 Å². The number of aromatic nitrogens is 2. The van der Waals surface area contributed by atoms with Crippen molar-refractivity contribution < 1.29 is 4.52 Å². The van der Waals surface area contributed by atoms with Gasteiger partial charge >= 0.3 is 0 Å². The minimum absolute atomic E-state index is 0.442. The fourth-order valence-corrected chi connectivity index (χ4v) is 1.84. The van der Waals surface area contributed by atoms with E-state index in [2.05, 4.69) is 26.1 Å². The Morgan fingerprint density at radius 3 is 3.00 bits per heavy atom. The van der Waals surface area contributed by atoms with Crippen molar-refractivity contribution in [1.29, 1.82) is 0 Å². The zero-order valence-corrected chi connectivity index (χ0v) is 10.6. The van der Waals surface area contributed by atoms with Crippen LogP contribution in [0.3, 0.4) is 0 Å². The van der Waals surface area contributed by atoms with E-state index >= 15 is 0 Å². The number of rotatable bonds is 3. The summed E-state index contributed by atoms with van der Waals surface area (Å²) in [5, 5.41) is 4.45. The Labute approximate surface area is 106 Å². The Bertz CT molecular complexity index is 501. The maximum Gasteiger partial charge on any atom is 0.259 e. The molecule has 84 valence electrons. The third-order valence-electron chi connectivity index (χ3n) is 1.99. The van der Waals surface area contributed by atoms with Crippen molar-refractivity contribution in [1.82, 2.24) is 10.1 Å². The lowest BCUT2D eigenvalue weighted by Gasteiger charge is -1.98. The van der Waals surface area contributed by atoms with Crippen LogP contribution in [0.25, 0.3) is 11.5 Å². The van der Waals surface area contributed by atoms with Gasteiger partial charge < -0.3 is 10.3 Å². The molecule has 0 fully saturated rings. The molecule has 0 saturated carbocycles. The van der Waals surface area contributed by atoms with Crippen LogP contribution in [0.2, 0.25) is 5.02 Å². The Kier molecular flexibility index (Phi) is 3.58. The fraction of sp³-hybridized carbons (Fsp3) is 0.200. The van der Waals surface area contributed by atoms with Crippen LogP contribution in [-0.4, -0.2) is 16.7 Å². The minimum Gasteiger partial charge on any atom is -0.334 e. The van der Waals surface area contributed by atoms with Crippen LogP contribution in [0.4, 0.5) is 0 Å². The average Bonchev–Trinajstić information content (AvgIpc) is 2.71. The van der Waals surface area contributed by atoms with Crippen molar-refractivity contribution in [2.45, 2.75) is 6.42 Å². The molecule has 1 heterocycles. The molecule has 16 heavy (non-hydrogen) atoms. The van der Waals surface area contributed by atoms with Gasteiger partial charge in [0.2, 0.25) is 0 Å². The van der Waals surface area contributed by atoms with Gasteiger partial charge in [0.25, 0.3) is 5.89 Å². The molecule has 6 heteroatoms. The molecule has 2 rings (SSSR count). The number of halogens is 2. The van der Waals surface area contributed by atoms with Gasteiger partial charge in [0.15, 0.2) is 5.82 Å². The van der Waals surface area contributed by atoms with E-state index in [9.17, 15) is 0 Å². The summed E-state index contributed by atoms with van der Waals surface area (Å²) in [5.74, 6) is 1.04. The van der Waals surface area contributed by atoms with Crippen molar-refractivity contribution in [2.24, 2.45) is 5.73 Å². The smallest absolute Gasteiger partial charge is 0.259 e. The van der Waals surface area contributed by atoms with Gasteiger partial charge in [-0.25, -0.2) is 0 Å². The van der Waals surface area contributed by atoms with Crippen LogP contribution in [0, 0.1) is 0 Å². The molecule has 1 aromatic carbocycles. The Morgan fingerprint density at radius 2 is 2.25 bits per heavy atom. The lowest BCUT2D eigenvalue weighted by molar-refractivity contribution is 0.422. The quantitative estimate of drug-likeness (QED) is 0.946. The van der Waals surface area contributed by atoms with Crippen LogP contribution in [0.1, 0.15) is 5.82 Å². The number of hydrogen-bond acceptors (Lipinski definition) is 4. The fourth-order valence-electron chi connectivity index (χ4n) is 1.26. The van der Waals surface area contributed by atoms with Crippen molar-refractivity contribution >= 4 is 27.5 Å². The normalized spacial score (nSPS) is 10.7. The molecule has 0 radical (unpaired) electrons. The molecular weight excluding hydrogens is 293 g/mol. The van der Waals surface area contributed by atoms with Crippen LogP contribution < -0.4 is 5.73 Å². The van der Waals surface area contributed by atoms with E-state index in [4.69, 9.17) is 21.9 Å². The molecule has 0 amide bonds. The predicted molar refractivity (Wildman–Crippen MR) is 65.2 cm³/mol. The summed E-state index contributed by atoms with van der Waals surface area (Å²) in [5.41, 5.74) is 6.19. The van der Waals surface area contributed by atoms with Gasteiger partial charge in [0.05, 0.1) is 5.56 Å². The minimum atomic E-state index is 0.442. The highest BCUT2D eigenvalue weighted by Crippen LogP contribution is 2.29. The van der Waals surface area contributed by atoms with Crippen molar-refractivity contribution in [3.8, 4) is 11.5 Å². The molecule has 1 aromatic heterocycles. The third-order valence-corrected chi connectivity index (χ3v) is 2.92. The van der Waals surface area contributed by atoms with E-state index < -0.39 is 0 Å². The predicted octanol–water partition coefficient (Wildman–Crippen LogP) is 2.65. The Morgan fingerprint density at radius 1 is 1.44 bits per heavy atom. The van der Waals surface area contributed by atoms with E-state index in [1.54, 1.807) is 12.1 Å². The van der Waals surface area contributed by atoms with Crippen LogP contribution in [0.5, 0.6) is 0 Å². The second kappa shape index (κ2) is 4.95.